The molecule has 0 unspecified atom stereocenters. The molecule has 0 aromatic carbocycles. The molecule has 0 saturated carbocycles. The number of thiophene rings is 1. The van der Waals surface area contributed by atoms with Crippen molar-refractivity contribution in [2.45, 2.75) is 50.9 Å². The fourth-order valence-electron chi connectivity index (χ4n) is 3.39. The largest absolute Gasteiger partial charge is 0.483 e. The van der Waals surface area contributed by atoms with Crippen LogP contribution in [0.5, 0.6) is 5.75 Å². The molecule has 2 atom stereocenters. The molecule has 3 rings (SSSR count). The maximum absolute atomic E-state index is 12.5. The van der Waals surface area contributed by atoms with E-state index in [1.807, 2.05) is 0 Å². The smallest absolute Gasteiger partial charge is 0.328 e. The zero-order chi connectivity index (χ0) is 19.3. The van der Waals surface area contributed by atoms with E-state index >= 15 is 0 Å². The van der Waals surface area contributed by atoms with Crippen molar-refractivity contribution in [2.75, 3.05) is 12.8 Å². The van der Waals surface area contributed by atoms with Crippen LogP contribution in [0.4, 0.5) is 5.00 Å². The quantitative estimate of drug-likeness (QED) is 0.429. The van der Waals surface area contributed by atoms with Gasteiger partial charge in [0.1, 0.15) is 23.5 Å². The van der Waals surface area contributed by atoms with Gasteiger partial charge in [-0.3, -0.25) is 19.1 Å². The number of rotatable bonds is 4. The van der Waals surface area contributed by atoms with E-state index in [0.717, 1.165) is 30.4 Å². The van der Waals surface area contributed by atoms with Gasteiger partial charge in [-0.15, -0.1) is 0 Å². The Morgan fingerprint density at radius 2 is 2.12 bits per heavy atom. The molecule has 1 aromatic rings. The number of amides is 1. The molecule has 9 nitrogen and oxygen atoms in total. The summed E-state index contributed by atoms with van der Waals surface area (Å²) in [6.07, 6.45) is 1.82. The minimum atomic E-state index is -3.84. The van der Waals surface area contributed by atoms with E-state index in [-0.39, 0.29) is 10.9 Å². The highest BCUT2D eigenvalue weighted by Crippen LogP contribution is 2.51. The van der Waals surface area contributed by atoms with E-state index < -0.39 is 32.8 Å². The molecule has 1 fully saturated rings. The number of piperidine rings is 1. The number of likely N-dealkylation sites (tertiary alicyclic amines) is 1. The van der Waals surface area contributed by atoms with Crippen molar-refractivity contribution in [3.05, 3.63) is 21.1 Å². The summed E-state index contributed by atoms with van der Waals surface area (Å²) < 4.78 is 34.8. The Morgan fingerprint density at radius 1 is 1.42 bits per heavy atom. The van der Waals surface area contributed by atoms with Gasteiger partial charge in [-0.05, 0) is 26.7 Å². The van der Waals surface area contributed by atoms with Gasteiger partial charge >= 0.3 is 5.00 Å². The van der Waals surface area contributed by atoms with Gasteiger partial charge in [0, 0.05) is 13.0 Å². The van der Waals surface area contributed by atoms with Crippen LogP contribution < -0.4 is 4.74 Å². The summed E-state index contributed by atoms with van der Waals surface area (Å²) in [6.45, 7) is 3.74. The lowest BCUT2D eigenvalue weighted by Crippen LogP contribution is -2.56. The van der Waals surface area contributed by atoms with Crippen LogP contribution in [-0.4, -0.2) is 48.7 Å². The molecule has 2 aliphatic heterocycles. The highest BCUT2D eigenvalue weighted by Gasteiger charge is 2.52. The highest BCUT2D eigenvalue weighted by atomic mass is 32.2. The molecule has 11 heteroatoms. The molecule has 0 spiro atoms. The van der Waals surface area contributed by atoms with Crippen LogP contribution in [-0.2, 0) is 19.1 Å². The number of fused-ring (bicyclic) bond motifs is 1. The summed E-state index contributed by atoms with van der Waals surface area (Å²) in [5.74, 6) is 0.173. The summed E-state index contributed by atoms with van der Waals surface area (Å²) in [5.41, 5.74) is -1.10. The Kier molecular flexibility index (Phi) is 4.74. The monoisotopic (exact) mass is 404 g/mol. The first kappa shape index (κ1) is 19.1. The second kappa shape index (κ2) is 6.46. The van der Waals surface area contributed by atoms with Crippen LogP contribution >= 0.6 is 11.3 Å². The Balaban J connectivity index is 2.14. The van der Waals surface area contributed by atoms with Crippen molar-refractivity contribution in [3.63, 3.8) is 0 Å². The molecular weight excluding hydrogens is 384 g/mol. The van der Waals surface area contributed by atoms with E-state index in [1.54, 1.807) is 18.7 Å². The van der Waals surface area contributed by atoms with Crippen LogP contribution in [0.25, 0.3) is 0 Å². The van der Waals surface area contributed by atoms with Crippen molar-refractivity contribution < 1.29 is 27.1 Å². The first-order chi connectivity index (χ1) is 12.0. The van der Waals surface area contributed by atoms with Crippen LogP contribution in [0, 0.1) is 10.1 Å². The van der Waals surface area contributed by atoms with Gasteiger partial charge in [-0.25, -0.2) is 0 Å². The molecule has 1 saturated heterocycles. The van der Waals surface area contributed by atoms with Crippen molar-refractivity contribution in [1.82, 2.24) is 4.90 Å². The SMILES string of the molecule is CC1(C)Oc2cc([N+](=O)[O-])sc2[C@@H](N2CCCCC2=O)[C@@H]1OS(C)(=O)=O. The van der Waals surface area contributed by atoms with E-state index in [2.05, 4.69) is 0 Å². The summed E-state index contributed by atoms with van der Waals surface area (Å²) in [4.78, 5) is 25.2. The Labute approximate surface area is 155 Å². The van der Waals surface area contributed by atoms with Gasteiger partial charge in [0.25, 0.3) is 10.1 Å². The fraction of sp³-hybridized carbons (Fsp3) is 0.667. The minimum Gasteiger partial charge on any atom is -0.483 e. The van der Waals surface area contributed by atoms with Gasteiger partial charge in [0.05, 0.1) is 22.1 Å². The Hall–Kier alpha value is -1.72. The van der Waals surface area contributed by atoms with Gasteiger partial charge in [0.15, 0.2) is 0 Å². The third-order valence-electron chi connectivity index (χ3n) is 4.48. The topological polar surface area (TPSA) is 116 Å². The molecule has 0 bridgehead atoms. The van der Waals surface area contributed by atoms with Gasteiger partial charge in [0.2, 0.25) is 5.91 Å². The maximum Gasteiger partial charge on any atom is 0.328 e. The number of ether oxygens (including phenoxy) is 1. The normalized spacial score (nSPS) is 25.5. The summed E-state index contributed by atoms with van der Waals surface area (Å²) in [6, 6.07) is 0.565. The highest BCUT2D eigenvalue weighted by molar-refractivity contribution is 7.86. The lowest BCUT2D eigenvalue weighted by Gasteiger charge is -2.47. The third kappa shape index (κ3) is 3.55. The number of hydrogen-bond donors (Lipinski definition) is 0. The first-order valence-corrected chi connectivity index (χ1v) is 10.8. The van der Waals surface area contributed by atoms with E-state index in [0.29, 0.717) is 23.6 Å². The average molecular weight is 404 g/mol. The number of carbonyl (C=O) groups excluding carboxylic acids is 1. The third-order valence-corrected chi connectivity index (χ3v) is 6.18. The Morgan fingerprint density at radius 3 is 2.69 bits per heavy atom. The first-order valence-electron chi connectivity index (χ1n) is 8.14. The van der Waals surface area contributed by atoms with Crippen molar-refractivity contribution in [1.29, 1.82) is 0 Å². The molecular formula is C15H20N2O7S2. The predicted octanol–water partition coefficient (Wildman–Crippen LogP) is 2.23. The van der Waals surface area contributed by atoms with Crippen molar-refractivity contribution in [3.8, 4) is 5.75 Å². The van der Waals surface area contributed by atoms with Crippen molar-refractivity contribution >= 4 is 32.4 Å². The van der Waals surface area contributed by atoms with Gasteiger partial charge in [-0.1, -0.05) is 11.3 Å². The molecule has 144 valence electrons. The van der Waals surface area contributed by atoms with Crippen molar-refractivity contribution in [2.24, 2.45) is 0 Å². The second-order valence-corrected chi connectivity index (χ2v) is 9.65. The standard InChI is InChI=1S/C15H20N2O7S2/c1-15(2)14(24-26(3,21)22)12(16-7-5-4-6-10(16)18)13-9(23-15)8-11(25-13)17(19)20/h8,12,14H,4-7H2,1-3H3/t12-,14+/m1/s1. The van der Waals surface area contributed by atoms with Crippen LogP contribution in [0.3, 0.4) is 0 Å². The summed E-state index contributed by atoms with van der Waals surface area (Å²) in [7, 11) is -3.84. The summed E-state index contributed by atoms with van der Waals surface area (Å²) >= 11 is 0.885. The van der Waals surface area contributed by atoms with E-state index in [9.17, 15) is 23.3 Å². The minimum absolute atomic E-state index is 0.122. The second-order valence-electron chi connectivity index (χ2n) is 6.99. The number of nitrogens with zero attached hydrogens (tertiary/aromatic N) is 2. The van der Waals surface area contributed by atoms with Gasteiger partial charge in [-0.2, -0.15) is 8.42 Å². The molecule has 0 aliphatic carbocycles. The Bertz CT molecular complexity index is 846. The fourth-order valence-corrected chi connectivity index (χ4v) is 5.15. The lowest BCUT2D eigenvalue weighted by molar-refractivity contribution is -0.380. The van der Waals surface area contributed by atoms with Crippen LogP contribution in [0.15, 0.2) is 6.07 Å². The molecule has 1 aromatic heterocycles. The molecule has 1 amide bonds. The zero-order valence-electron chi connectivity index (χ0n) is 14.6. The van der Waals surface area contributed by atoms with Crippen LogP contribution in [0.1, 0.15) is 44.0 Å². The summed E-state index contributed by atoms with van der Waals surface area (Å²) in [5, 5.41) is 11.1. The van der Waals surface area contributed by atoms with Crippen LogP contribution in [0.2, 0.25) is 0 Å². The number of carbonyl (C=O) groups is 1. The molecule has 0 radical (unpaired) electrons. The predicted molar refractivity (Wildman–Crippen MR) is 93.7 cm³/mol. The zero-order valence-corrected chi connectivity index (χ0v) is 16.3. The van der Waals surface area contributed by atoms with E-state index in [1.165, 1.54) is 6.07 Å². The number of hydrogen-bond acceptors (Lipinski definition) is 8. The number of nitro groups is 1. The molecule has 0 N–H and O–H groups in total. The van der Waals surface area contributed by atoms with Gasteiger partial charge < -0.3 is 9.64 Å². The maximum atomic E-state index is 12.5. The molecule has 2 aliphatic rings. The molecule has 26 heavy (non-hydrogen) atoms. The lowest BCUT2D eigenvalue weighted by atomic mass is 9.88. The average Bonchev–Trinajstić information content (AvgIpc) is 2.90. The van der Waals surface area contributed by atoms with E-state index in [4.69, 9.17) is 8.92 Å². The molecule has 3 heterocycles.